The summed E-state index contributed by atoms with van der Waals surface area (Å²) in [6, 6.07) is 6.02. The average molecular weight is 445 g/mol. The van der Waals surface area contributed by atoms with Gasteiger partial charge >= 0.3 is 18.0 Å². The van der Waals surface area contributed by atoms with Crippen molar-refractivity contribution in [2.75, 3.05) is 31.8 Å². The molecule has 2 aliphatic rings. The number of methoxy groups -OCH3 is 1. The van der Waals surface area contributed by atoms with E-state index < -0.39 is 29.9 Å². The molecule has 1 fully saturated rings. The molecule has 2 heterocycles. The lowest BCUT2D eigenvalue weighted by molar-refractivity contribution is -0.147. The van der Waals surface area contributed by atoms with Gasteiger partial charge in [0.2, 0.25) is 5.91 Å². The van der Waals surface area contributed by atoms with Gasteiger partial charge in [0, 0.05) is 13.0 Å². The molecule has 2 atom stereocenters. The van der Waals surface area contributed by atoms with E-state index in [1.165, 1.54) is 12.0 Å². The van der Waals surface area contributed by atoms with Crippen molar-refractivity contribution in [3.05, 3.63) is 35.5 Å². The molecule has 3 amide bonds. The number of carbonyl (C=O) groups is 4. The van der Waals surface area contributed by atoms with Crippen molar-refractivity contribution < 1.29 is 33.4 Å². The van der Waals surface area contributed by atoms with E-state index in [4.69, 9.17) is 14.2 Å². The first kappa shape index (κ1) is 23.1. The summed E-state index contributed by atoms with van der Waals surface area (Å²) in [5.74, 6) is -1.55. The van der Waals surface area contributed by atoms with E-state index >= 15 is 0 Å². The number of rotatable bonds is 8. The van der Waals surface area contributed by atoms with E-state index in [0.717, 1.165) is 0 Å². The van der Waals surface area contributed by atoms with Crippen molar-refractivity contribution in [2.24, 2.45) is 5.92 Å². The van der Waals surface area contributed by atoms with Crippen molar-refractivity contribution in [1.29, 1.82) is 0 Å². The van der Waals surface area contributed by atoms with Gasteiger partial charge in [-0.3, -0.25) is 9.59 Å². The molecular formula is C22H27N3O7. The van der Waals surface area contributed by atoms with E-state index in [1.54, 1.807) is 31.2 Å². The molecule has 0 aromatic heterocycles. The minimum atomic E-state index is -0.682. The molecule has 0 aliphatic carbocycles. The lowest BCUT2D eigenvalue weighted by Crippen LogP contribution is -2.51. The van der Waals surface area contributed by atoms with Gasteiger partial charge in [0.1, 0.15) is 12.4 Å². The summed E-state index contributed by atoms with van der Waals surface area (Å²) < 4.78 is 15.8. The number of hydrogen-bond acceptors (Lipinski definition) is 7. The zero-order valence-electron chi connectivity index (χ0n) is 18.3. The van der Waals surface area contributed by atoms with Crippen LogP contribution in [-0.2, 0) is 23.9 Å². The average Bonchev–Trinajstić information content (AvgIpc) is 3.18. The van der Waals surface area contributed by atoms with Crippen molar-refractivity contribution in [3.63, 3.8) is 0 Å². The van der Waals surface area contributed by atoms with Crippen LogP contribution in [0.3, 0.4) is 0 Å². The zero-order valence-corrected chi connectivity index (χ0v) is 18.3. The van der Waals surface area contributed by atoms with Gasteiger partial charge in [0.05, 0.1) is 42.6 Å². The van der Waals surface area contributed by atoms with Gasteiger partial charge in [0.15, 0.2) is 0 Å². The Morgan fingerprint density at radius 1 is 1.16 bits per heavy atom. The molecule has 172 valence electrons. The second kappa shape index (κ2) is 10.2. The number of esters is 2. The number of carbonyl (C=O) groups excluding carboxylic acids is 4. The van der Waals surface area contributed by atoms with Gasteiger partial charge < -0.3 is 29.7 Å². The second-order valence-corrected chi connectivity index (χ2v) is 7.36. The summed E-state index contributed by atoms with van der Waals surface area (Å²) in [6.45, 7) is 3.50. The quantitative estimate of drug-likeness (QED) is 0.581. The van der Waals surface area contributed by atoms with Crippen LogP contribution >= 0.6 is 0 Å². The molecule has 0 spiro atoms. The third-order valence-electron chi connectivity index (χ3n) is 5.34. The summed E-state index contributed by atoms with van der Waals surface area (Å²) in [4.78, 5) is 51.1. The summed E-state index contributed by atoms with van der Waals surface area (Å²) in [5, 5.41) is 5.19. The van der Waals surface area contributed by atoms with E-state index in [9.17, 15) is 19.2 Å². The molecule has 1 saturated heterocycles. The molecule has 2 aliphatic heterocycles. The van der Waals surface area contributed by atoms with Gasteiger partial charge in [-0.25, -0.2) is 9.59 Å². The molecule has 32 heavy (non-hydrogen) atoms. The maximum absolute atomic E-state index is 12.7. The summed E-state index contributed by atoms with van der Waals surface area (Å²) in [6.07, 6.45) is 0.455. The number of para-hydroxylation sites is 2. The predicted molar refractivity (Wildman–Crippen MR) is 114 cm³/mol. The van der Waals surface area contributed by atoms with Crippen molar-refractivity contribution in [1.82, 2.24) is 10.6 Å². The highest BCUT2D eigenvalue weighted by molar-refractivity contribution is 6.00. The smallest absolute Gasteiger partial charge is 0.338 e. The summed E-state index contributed by atoms with van der Waals surface area (Å²) in [5.41, 5.74) is 0.984. The first-order valence-electron chi connectivity index (χ1n) is 10.5. The SMILES string of the molecule is CCOC(=O)C1=C(COC(=O)C2CC(=O)N(c3ccccc3OC)C2)NC(=O)NC1CC. The molecule has 3 rings (SSSR count). The summed E-state index contributed by atoms with van der Waals surface area (Å²) >= 11 is 0. The zero-order chi connectivity index (χ0) is 23.3. The number of nitrogens with one attached hydrogen (secondary N) is 2. The number of anilines is 1. The van der Waals surface area contributed by atoms with Crippen LogP contribution in [0.1, 0.15) is 26.7 Å². The van der Waals surface area contributed by atoms with E-state index in [2.05, 4.69) is 10.6 Å². The second-order valence-electron chi connectivity index (χ2n) is 7.36. The van der Waals surface area contributed by atoms with Crippen LogP contribution in [0.15, 0.2) is 35.5 Å². The van der Waals surface area contributed by atoms with E-state index in [0.29, 0.717) is 17.9 Å². The Labute approximate surface area is 185 Å². The highest BCUT2D eigenvalue weighted by Gasteiger charge is 2.38. The molecule has 1 aromatic carbocycles. The standard InChI is InChI=1S/C22H27N3O7/c1-4-14-19(21(28)31-5-2)15(24-22(29)23-14)12-32-20(27)13-10-18(26)25(11-13)16-8-6-7-9-17(16)30-3/h6-9,13-14H,4-5,10-12H2,1-3H3,(H2,23,24,29). The highest BCUT2D eigenvalue weighted by Crippen LogP contribution is 2.33. The molecule has 1 aromatic rings. The molecular weight excluding hydrogens is 418 g/mol. The molecule has 10 heteroatoms. The molecule has 0 saturated carbocycles. The molecule has 0 bridgehead atoms. The van der Waals surface area contributed by atoms with Crippen LogP contribution in [0.4, 0.5) is 10.5 Å². The van der Waals surface area contributed by atoms with Crippen LogP contribution < -0.4 is 20.3 Å². The van der Waals surface area contributed by atoms with Gasteiger partial charge in [0.25, 0.3) is 0 Å². The van der Waals surface area contributed by atoms with Gasteiger partial charge in [-0.2, -0.15) is 0 Å². The van der Waals surface area contributed by atoms with Crippen LogP contribution in [0.2, 0.25) is 0 Å². The van der Waals surface area contributed by atoms with E-state index in [1.807, 2.05) is 6.92 Å². The largest absolute Gasteiger partial charge is 0.495 e. The number of amides is 3. The Morgan fingerprint density at radius 2 is 1.91 bits per heavy atom. The van der Waals surface area contributed by atoms with Crippen LogP contribution in [0, 0.1) is 5.92 Å². The maximum Gasteiger partial charge on any atom is 0.338 e. The fourth-order valence-corrected chi connectivity index (χ4v) is 3.79. The van der Waals surface area contributed by atoms with Crippen LogP contribution in [-0.4, -0.2) is 56.8 Å². The lowest BCUT2D eigenvalue weighted by atomic mass is 10.0. The Bertz CT molecular complexity index is 943. The minimum absolute atomic E-state index is 0.00778. The fraction of sp³-hybridized carbons (Fsp3) is 0.455. The number of ether oxygens (including phenoxy) is 3. The topological polar surface area (TPSA) is 123 Å². The third-order valence-corrected chi connectivity index (χ3v) is 5.34. The Hall–Kier alpha value is -3.56. The normalized spacial score (nSPS) is 20.5. The monoisotopic (exact) mass is 445 g/mol. The lowest BCUT2D eigenvalue weighted by Gasteiger charge is -2.28. The first-order valence-corrected chi connectivity index (χ1v) is 10.5. The van der Waals surface area contributed by atoms with Crippen molar-refractivity contribution >= 4 is 29.6 Å². The first-order chi connectivity index (χ1) is 15.4. The summed E-state index contributed by atoms with van der Waals surface area (Å²) in [7, 11) is 1.51. The third kappa shape index (κ3) is 4.84. The molecule has 2 unspecified atom stereocenters. The number of benzene rings is 1. The molecule has 0 radical (unpaired) electrons. The highest BCUT2D eigenvalue weighted by atomic mass is 16.5. The van der Waals surface area contributed by atoms with Crippen LogP contribution in [0.25, 0.3) is 0 Å². The fourth-order valence-electron chi connectivity index (χ4n) is 3.79. The Morgan fingerprint density at radius 3 is 2.59 bits per heavy atom. The van der Waals surface area contributed by atoms with Gasteiger partial charge in [-0.15, -0.1) is 0 Å². The Balaban J connectivity index is 1.72. The maximum atomic E-state index is 12.7. The Kier molecular flexibility index (Phi) is 7.34. The van der Waals surface area contributed by atoms with Crippen molar-refractivity contribution in [2.45, 2.75) is 32.7 Å². The minimum Gasteiger partial charge on any atom is -0.495 e. The molecule has 10 nitrogen and oxygen atoms in total. The van der Waals surface area contributed by atoms with Crippen LogP contribution in [0.5, 0.6) is 5.75 Å². The number of urea groups is 1. The van der Waals surface area contributed by atoms with Gasteiger partial charge in [-0.1, -0.05) is 19.1 Å². The molecule has 2 N–H and O–H groups in total. The predicted octanol–water partition coefficient (Wildman–Crippen LogP) is 1.50. The number of nitrogens with zero attached hydrogens (tertiary/aromatic N) is 1. The number of hydrogen-bond donors (Lipinski definition) is 2. The van der Waals surface area contributed by atoms with E-state index in [-0.39, 0.29) is 43.4 Å². The van der Waals surface area contributed by atoms with Gasteiger partial charge in [-0.05, 0) is 25.5 Å². The van der Waals surface area contributed by atoms with Crippen molar-refractivity contribution in [3.8, 4) is 5.75 Å².